The van der Waals surface area contributed by atoms with Crippen LogP contribution >= 0.6 is 0 Å². The van der Waals surface area contributed by atoms with Gasteiger partial charge in [-0.25, -0.2) is 13.1 Å². The van der Waals surface area contributed by atoms with Crippen LogP contribution in [0.1, 0.15) is 30.9 Å². The van der Waals surface area contributed by atoms with Gasteiger partial charge in [0.15, 0.2) is 0 Å². The molecule has 0 spiro atoms. The van der Waals surface area contributed by atoms with E-state index in [1.165, 1.54) is 18.4 Å². The van der Waals surface area contributed by atoms with E-state index in [1.807, 2.05) is 25.1 Å². The Morgan fingerprint density at radius 2 is 2.10 bits per heavy atom. The highest BCUT2D eigenvalue weighted by Gasteiger charge is 2.25. The molecule has 2 N–H and O–H groups in total. The number of rotatable bonds is 8. The molecule has 0 amide bonds. The minimum Gasteiger partial charge on any atom is -0.313 e. The lowest BCUT2D eigenvalue weighted by molar-refractivity contribution is 0.557. The summed E-state index contributed by atoms with van der Waals surface area (Å²) in [4.78, 5) is 0. The monoisotopic (exact) mass is 296 g/mol. The summed E-state index contributed by atoms with van der Waals surface area (Å²) in [5.41, 5.74) is 2.36. The van der Waals surface area contributed by atoms with E-state index in [1.54, 1.807) is 6.92 Å². The highest BCUT2D eigenvalue weighted by molar-refractivity contribution is 7.90. The molecule has 1 aliphatic carbocycles. The van der Waals surface area contributed by atoms with Crippen LogP contribution < -0.4 is 10.0 Å². The van der Waals surface area contributed by atoms with Gasteiger partial charge < -0.3 is 5.32 Å². The third-order valence-corrected chi connectivity index (χ3v) is 5.43. The van der Waals surface area contributed by atoms with Crippen LogP contribution in [-0.2, 0) is 16.4 Å². The van der Waals surface area contributed by atoms with Crippen molar-refractivity contribution in [2.24, 2.45) is 0 Å². The quantitative estimate of drug-likeness (QED) is 0.766. The van der Waals surface area contributed by atoms with Gasteiger partial charge in [0.1, 0.15) is 0 Å². The van der Waals surface area contributed by atoms with Gasteiger partial charge in [-0.05, 0) is 38.7 Å². The molecule has 1 aliphatic rings. The Morgan fingerprint density at radius 3 is 2.75 bits per heavy atom. The van der Waals surface area contributed by atoms with Crippen molar-refractivity contribution in [3.63, 3.8) is 0 Å². The van der Waals surface area contributed by atoms with Crippen LogP contribution in [0.15, 0.2) is 24.3 Å². The van der Waals surface area contributed by atoms with Crippen LogP contribution in [0, 0.1) is 6.92 Å². The molecular weight excluding hydrogens is 272 g/mol. The van der Waals surface area contributed by atoms with Crippen LogP contribution in [0.3, 0.4) is 0 Å². The van der Waals surface area contributed by atoms with Crippen molar-refractivity contribution in [3.8, 4) is 0 Å². The van der Waals surface area contributed by atoms with Crippen molar-refractivity contribution >= 4 is 10.0 Å². The number of nitrogens with one attached hydrogen (secondary N) is 2. The summed E-state index contributed by atoms with van der Waals surface area (Å²) in [7, 11) is -3.22. The first kappa shape index (κ1) is 15.5. The van der Waals surface area contributed by atoms with Crippen LogP contribution in [0.25, 0.3) is 0 Å². The zero-order valence-corrected chi connectivity index (χ0v) is 13.0. The average molecular weight is 296 g/mol. The van der Waals surface area contributed by atoms with Gasteiger partial charge in [-0.1, -0.05) is 29.8 Å². The summed E-state index contributed by atoms with van der Waals surface area (Å²) < 4.78 is 26.8. The highest BCUT2D eigenvalue weighted by Crippen LogP contribution is 2.18. The summed E-state index contributed by atoms with van der Waals surface area (Å²) in [6.07, 6.45) is 3.07. The molecule has 0 heterocycles. The Bertz CT molecular complexity index is 539. The van der Waals surface area contributed by atoms with Crippen molar-refractivity contribution in [1.82, 2.24) is 10.0 Å². The maximum Gasteiger partial charge on any atom is 0.215 e. The number of benzene rings is 1. The molecule has 1 unspecified atom stereocenters. The summed E-state index contributed by atoms with van der Waals surface area (Å²) in [5.74, 6) is 0. The van der Waals surface area contributed by atoms with Gasteiger partial charge in [-0.2, -0.15) is 0 Å². The van der Waals surface area contributed by atoms with Crippen molar-refractivity contribution < 1.29 is 8.42 Å². The molecule has 0 aliphatic heterocycles. The van der Waals surface area contributed by atoms with Crippen molar-refractivity contribution in [2.45, 2.75) is 44.4 Å². The first-order valence-corrected chi connectivity index (χ1v) is 8.79. The lowest BCUT2D eigenvalue weighted by atomic mass is 10.1. The Kier molecular flexibility index (Phi) is 5.18. The summed E-state index contributed by atoms with van der Waals surface area (Å²) >= 11 is 0. The predicted octanol–water partition coefficient (Wildman–Crippen LogP) is 1.60. The molecular formula is C15H24N2O2S. The molecule has 1 atom stereocenters. The molecule has 1 fully saturated rings. The Balaban J connectivity index is 1.76. The minimum atomic E-state index is -3.22. The first-order chi connectivity index (χ1) is 9.47. The van der Waals surface area contributed by atoms with Crippen molar-refractivity contribution in [1.29, 1.82) is 0 Å². The maximum absolute atomic E-state index is 12.1. The molecule has 0 aromatic heterocycles. The predicted molar refractivity (Wildman–Crippen MR) is 82.3 cm³/mol. The zero-order valence-electron chi connectivity index (χ0n) is 12.2. The second-order valence-electron chi connectivity index (χ2n) is 5.67. The maximum atomic E-state index is 12.1. The van der Waals surface area contributed by atoms with Gasteiger partial charge in [-0.15, -0.1) is 0 Å². The average Bonchev–Trinajstić information content (AvgIpc) is 3.19. The smallest absolute Gasteiger partial charge is 0.215 e. The van der Waals surface area contributed by atoms with Gasteiger partial charge in [-0.3, -0.25) is 0 Å². The Labute approximate surface area is 122 Å². The summed E-state index contributed by atoms with van der Waals surface area (Å²) in [6.45, 7) is 4.79. The minimum absolute atomic E-state index is 0.388. The van der Waals surface area contributed by atoms with Crippen LogP contribution in [0.4, 0.5) is 0 Å². The number of hydrogen-bond acceptors (Lipinski definition) is 3. The van der Waals surface area contributed by atoms with Crippen molar-refractivity contribution in [3.05, 3.63) is 35.4 Å². The molecule has 0 saturated heterocycles. The highest BCUT2D eigenvalue weighted by atomic mass is 32.2. The van der Waals surface area contributed by atoms with Gasteiger partial charge in [0.05, 0.1) is 5.25 Å². The zero-order chi connectivity index (χ0) is 14.6. The fourth-order valence-corrected chi connectivity index (χ4v) is 3.06. The number of hydrogen-bond donors (Lipinski definition) is 2. The molecule has 1 aromatic rings. The largest absolute Gasteiger partial charge is 0.313 e. The standard InChI is InChI=1S/C15H24N2O2S/c1-12-4-3-5-14(10-12)8-9-17-20(18,19)13(2)11-16-15-6-7-15/h3-5,10,13,15-17H,6-9,11H2,1-2H3. The Morgan fingerprint density at radius 1 is 1.35 bits per heavy atom. The first-order valence-electron chi connectivity index (χ1n) is 7.25. The summed E-state index contributed by atoms with van der Waals surface area (Å²) in [5, 5.41) is 2.87. The van der Waals surface area contributed by atoms with E-state index in [-0.39, 0.29) is 5.25 Å². The van der Waals surface area contributed by atoms with Gasteiger partial charge >= 0.3 is 0 Å². The molecule has 5 heteroatoms. The second kappa shape index (κ2) is 6.70. The third-order valence-electron chi connectivity index (χ3n) is 3.60. The van der Waals surface area contributed by atoms with Gasteiger partial charge in [0, 0.05) is 19.1 Å². The molecule has 4 nitrogen and oxygen atoms in total. The molecule has 0 radical (unpaired) electrons. The van der Waals surface area contributed by atoms with E-state index in [2.05, 4.69) is 16.1 Å². The fraction of sp³-hybridized carbons (Fsp3) is 0.600. The Hall–Kier alpha value is -0.910. The van der Waals surface area contributed by atoms with Crippen LogP contribution in [0.5, 0.6) is 0 Å². The van der Waals surface area contributed by atoms with Crippen LogP contribution in [-0.4, -0.2) is 32.8 Å². The topological polar surface area (TPSA) is 58.2 Å². The number of aryl methyl sites for hydroxylation is 1. The van der Waals surface area contributed by atoms with E-state index in [9.17, 15) is 8.42 Å². The molecule has 2 rings (SSSR count). The SMILES string of the molecule is Cc1cccc(CCNS(=O)(=O)C(C)CNC2CC2)c1. The normalized spacial score (nSPS) is 17.1. The summed E-state index contributed by atoms with van der Waals surface area (Å²) in [6, 6.07) is 8.70. The van der Waals surface area contributed by atoms with Crippen LogP contribution in [0.2, 0.25) is 0 Å². The molecule has 1 saturated carbocycles. The third kappa shape index (κ3) is 4.89. The fourth-order valence-electron chi connectivity index (χ4n) is 2.08. The number of sulfonamides is 1. The van der Waals surface area contributed by atoms with E-state index < -0.39 is 10.0 Å². The van der Waals surface area contributed by atoms with E-state index in [0.717, 1.165) is 12.0 Å². The lowest BCUT2D eigenvalue weighted by Crippen LogP contribution is -2.40. The van der Waals surface area contributed by atoms with E-state index in [4.69, 9.17) is 0 Å². The van der Waals surface area contributed by atoms with Gasteiger partial charge in [0.2, 0.25) is 10.0 Å². The molecule has 0 bridgehead atoms. The van der Waals surface area contributed by atoms with Gasteiger partial charge in [0.25, 0.3) is 0 Å². The van der Waals surface area contributed by atoms with E-state index in [0.29, 0.717) is 19.1 Å². The van der Waals surface area contributed by atoms with Crippen molar-refractivity contribution in [2.75, 3.05) is 13.1 Å². The lowest BCUT2D eigenvalue weighted by Gasteiger charge is -2.14. The second-order valence-corrected chi connectivity index (χ2v) is 7.85. The molecule has 1 aromatic carbocycles. The molecule has 20 heavy (non-hydrogen) atoms. The van der Waals surface area contributed by atoms with E-state index >= 15 is 0 Å². The molecule has 112 valence electrons.